The van der Waals surface area contributed by atoms with Gasteiger partial charge in [0.2, 0.25) is 0 Å². The van der Waals surface area contributed by atoms with Gasteiger partial charge in [0.25, 0.3) is 5.91 Å². The molecule has 4 heterocycles. The third kappa shape index (κ3) is 3.17. The summed E-state index contributed by atoms with van der Waals surface area (Å²) in [7, 11) is 3.90. The lowest BCUT2D eigenvalue weighted by atomic mass is 10.1. The lowest BCUT2D eigenvalue weighted by Gasteiger charge is -2.38. The van der Waals surface area contributed by atoms with E-state index in [4.69, 9.17) is 4.98 Å². The van der Waals surface area contributed by atoms with E-state index in [2.05, 4.69) is 51.9 Å². The molecule has 1 aliphatic heterocycles. The van der Waals surface area contributed by atoms with Crippen molar-refractivity contribution in [2.75, 3.05) is 26.7 Å². The van der Waals surface area contributed by atoms with Crippen molar-refractivity contribution in [3.63, 3.8) is 0 Å². The fourth-order valence-corrected chi connectivity index (χ4v) is 4.18. The zero-order chi connectivity index (χ0) is 20.7. The van der Waals surface area contributed by atoms with Crippen molar-refractivity contribution in [1.82, 2.24) is 29.0 Å². The van der Waals surface area contributed by atoms with Crippen LogP contribution in [0.25, 0.3) is 16.6 Å². The van der Waals surface area contributed by atoms with Gasteiger partial charge in [-0.2, -0.15) is 5.10 Å². The highest BCUT2D eigenvalue weighted by Crippen LogP contribution is 2.29. The van der Waals surface area contributed by atoms with E-state index < -0.39 is 0 Å². The van der Waals surface area contributed by atoms with Crippen LogP contribution in [-0.2, 0) is 7.05 Å². The number of imidazole rings is 1. The summed E-state index contributed by atoms with van der Waals surface area (Å²) in [4.78, 5) is 21.9. The van der Waals surface area contributed by atoms with E-state index >= 15 is 0 Å². The standard InChI is InChI=1S/C23H24N6O/c1-26-12-13-28(23(30)20-10-11-25-27(20)2)15-21(26)22-19-9-8-18(14-29(19)16-24-22)17-6-4-3-5-7-17/h3-11,14,16,21H,12-13,15H2,1-2H3. The first-order chi connectivity index (χ1) is 14.6. The van der Waals surface area contributed by atoms with Crippen LogP contribution >= 0.6 is 0 Å². The molecule has 1 aromatic carbocycles. The zero-order valence-corrected chi connectivity index (χ0v) is 17.1. The Morgan fingerprint density at radius 3 is 2.60 bits per heavy atom. The van der Waals surface area contributed by atoms with Crippen LogP contribution in [0, 0.1) is 0 Å². The summed E-state index contributed by atoms with van der Waals surface area (Å²) < 4.78 is 3.71. The third-order valence-corrected chi connectivity index (χ3v) is 5.96. The average molecular weight is 400 g/mol. The molecule has 0 spiro atoms. The van der Waals surface area contributed by atoms with Gasteiger partial charge in [-0.25, -0.2) is 4.98 Å². The highest BCUT2D eigenvalue weighted by Gasteiger charge is 2.32. The first-order valence-corrected chi connectivity index (χ1v) is 10.1. The Labute approximate surface area is 175 Å². The number of carbonyl (C=O) groups is 1. The second-order valence-corrected chi connectivity index (χ2v) is 7.79. The van der Waals surface area contributed by atoms with Crippen LogP contribution < -0.4 is 0 Å². The van der Waals surface area contributed by atoms with E-state index in [9.17, 15) is 4.79 Å². The molecule has 4 aromatic rings. The van der Waals surface area contributed by atoms with E-state index in [-0.39, 0.29) is 11.9 Å². The summed E-state index contributed by atoms with van der Waals surface area (Å²) in [5.41, 5.74) is 5.01. The highest BCUT2D eigenvalue weighted by molar-refractivity contribution is 5.92. The number of aromatic nitrogens is 4. The largest absolute Gasteiger partial charge is 0.334 e. The number of hydrogen-bond donors (Lipinski definition) is 0. The lowest BCUT2D eigenvalue weighted by Crippen LogP contribution is -2.49. The molecule has 7 nitrogen and oxygen atoms in total. The van der Waals surface area contributed by atoms with Gasteiger partial charge in [-0.05, 0) is 30.3 Å². The number of rotatable bonds is 3. The SMILES string of the molecule is CN1CCN(C(=O)c2ccnn2C)CC1c1ncn2cc(-c3ccccc3)ccc12. The molecular weight excluding hydrogens is 376 g/mol. The fraction of sp³-hybridized carbons (Fsp3) is 0.261. The van der Waals surface area contributed by atoms with Crippen LogP contribution in [0.15, 0.2) is 67.3 Å². The molecule has 0 bridgehead atoms. The number of nitrogens with zero attached hydrogens (tertiary/aromatic N) is 6. The van der Waals surface area contributed by atoms with Gasteiger partial charge in [0.1, 0.15) is 5.69 Å². The van der Waals surface area contributed by atoms with Gasteiger partial charge in [0.15, 0.2) is 0 Å². The van der Waals surface area contributed by atoms with Crippen molar-refractivity contribution >= 4 is 11.4 Å². The van der Waals surface area contributed by atoms with Crippen molar-refractivity contribution in [1.29, 1.82) is 0 Å². The zero-order valence-electron chi connectivity index (χ0n) is 17.1. The summed E-state index contributed by atoms with van der Waals surface area (Å²) in [5, 5.41) is 4.13. The van der Waals surface area contributed by atoms with E-state index in [1.807, 2.05) is 29.4 Å². The molecule has 1 atom stereocenters. The molecule has 1 amide bonds. The Bertz CT molecular complexity index is 1190. The molecule has 152 valence electrons. The average Bonchev–Trinajstić information content (AvgIpc) is 3.40. The number of hydrogen-bond acceptors (Lipinski definition) is 4. The molecule has 0 aliphatic carbocycles. The van der Waals surface area contributed by atoms with Crippen LogP contribution in [0.4, 0.5) is 0 Å². The minimum absolute atomic E-state index is 0.0166. The van der Waals surface area contributed by atoms with Crippen LogP contribution in [-0.4, -0.2) is 61.6 Å². The van der Waals surface area contributed by atoms with Crippen LogP contribution in [0.1, 0.15) is 22.2 Å². The summed E-state index contributed by atoms with van der Waals surface area (Å²) in [5.74, 6) is 0.0166. The van der Waals surface area contributed by atoms with E-state index in [1.165, 1.54) is 5.56 Å². The van der Waals surface area contributed by atoms with Crippen LogP contribution in [0.3, 0.4) is 0 Å². The van der Waals surface area contributed by atoms with Gasteiger partial charge >= 0.3 is 0 Å². The van der Waals surface area contributed by atoms with E-state index in [0.717, 1.165) is 23.3 Å². The van der Waals surface area contributed by atoms with Gasteiger partial charge in [-0.3, -0.25) is 14.4 Å². The number of fused-ring (bicyclic) bond motifs is 1. The summed E-state index contributed by atoms with van der Waals surface area (Å²) in [6.07, 6.45) is 5.64. The second-order valence-electron chi connectivity index (χ2n) is 7.79. The smallest absolute Gasteiger partial charge is 0.272 e. The van der Waals surface area contributed by atoms with Crippen molar-refractivity contribution < 1.29 is 4.79 Å². The quantitative estimate of drug-likeness (QED) is 0.531. The number of likely N-dealkylation sites (N-methyl/N-ethyl adjacent to an activating group) is 1. The van der Waals surface area contributed by atoms with Gasteiger partial charge in [-0.1, -0.05) is 36.4 Å². The lowest BCUT2D eigenvalue weighted by molar-refractivity contribution is 0.0532. The molecule has 0 saturated carbocycles. The van der Waals surface area contributed by atoms with Gasteiger partial charge < -0.3 is 9.30 Å². The predicted octanol–water partition coefficient (Wildman–Crippen LogP) is 2.86. The summed E-state index contributed by atoms with van der Waals surface area (Å²) in [6.45, 7) is 2.10. The number of benzene rings is 1. The van der Waals surface area contributed by atoms with Crippen molar-refractivity contribution in [3.05, 3.63) is 78.6 Å². The van der Waals surface area contributed by atoms with Crippen molar-refractivity contribution in [3.8, 4) is 11.1 Å². The third-order valence-electron chi connectivity index (χ3n) is 5.96. The van der Waals surface area contributed by atoms with Crippen LogP contribution in [0.2, 0.25) is 0 Å². The molecule has 1 fully saturated rings. The topological polar surface area (TPSA) is 58.7 Å². The number of amides is 1. The predicted molar refractivity (Wildman–Crippen MR) is 115 cm³/mol. The maximum atomic E-state index is 13.0. The minimum Gasteiger partial charge on any atom is -0.334 e. The Morgan fingerprint density at radius 2 is 1.83 bits per heavy atom. The highest BCUT2D eigenvalue weighted by atomic mass is 16.2. The molecule has 0 radical (unpaired) electrons. The Morgan fingerprint density at radius 1 is 1.00 bits per heavy atom. The molecule has 5 rings (SSSR count). The maximum Gasteiger partial charge on any atom is 0.272 e. The Kier molecular flexibility index (Phi) is 4.59. The fourth-order valence-electron chi connectivity index (χ4n) is 4.18. The molecule has 7 heteroatoms. The number of pyridine rings is 1. The number of carbonyl (C=O) groups excluding carboxylic acids is 1. The summed E-state index contributed by atoms with van der Waals surface area (Å²) >= 11 is 0. The molecule has 1 saturated heterocycles. The minimum atomic E-state index is 0.0166. The first-order valence-electron chi connectivity index (χ1n) is 10.1. The maximum absolute atomic E-state index is 13.0. The van der Waals surface area contributed by atoms with Crippen LogP contribution in [0.5, 0.6) is 0 Å². The van der Waals surface area contributed by atoms with E-state index in [1.54, 1.807) is 24.0 Å². The number of aryl methyl sites for hydroxylation is 1. The van der Waals surface area contributed by atoms with Gasteiger partial charge in [0, 0.05) is 39.1 Å². The van der Waals surface area contributed by atoms with Crippen molar-refractivity contribution in [2.24, 2.45) is 7.05 Å². The molecule has 1 unspecified atom stereocenters. The van der Waals surface area contributed by atoms with Gasteiger partial charge in [-0.15, -0.1) is 0 Å². The van der Waals surface area contributed by atoms with E-state index in [0.29, 0.717) is 18.8 Å². The molecule has 0 N–H and O–H groups in total. The Balaban J connectivity index is 1.45. The monoisotopic (exact) mass is 400 g/mol. The van der Waals surface area contributed by atoms with Gasteiger partial charge in [0.05, 0.1) is 23.6 Å². The van der Waals surface area contributed by atoms with Crippen molar-refractivity contribution in [2.45, 2.75) is 6.04 Å². The molecular formula is C23H24N6O. The number of piperazine rings is 1. The molecule has 1 aliphatic rings. The Hall–Kier alpha value is -3.45. The molecule has 3 aromatic heterocycles. The summed E-state index contributed by atoms with van der Waals surface area (Å²) in [6, 6.07) is 16.4. The normalized spacial score (nSPS) is 17.5. The second kappa shape index (κ2) is 7.42. The molecule has 30 heavy (non-hydrogen) atoms. The first kappa shape index (κ1) is 18.6.